The van der Waals surface area contributed by atoms with Gasteiger partial charge in [-0.1, -0.05) is 25.3 Å². The van der Waals surface area contributed by atoms with E-state index in [9.17, 15) is 9.59 Å². The molecule has 2 amide bonds. The third-order valence-corrected chi connectivity index (χ3v) is 4.80. The number of aryl methyl sites for hydroxylation is 1. The molecule has 0 saturated heterocycles. The summed E-state index contributed by atoms with van der Waals surface area (Å²) in [6, 6.07) is 8.87. The van der Waals surface area contributed by atoms with E-state index in [-0.39, 0.29) is 23.6 Å². The lowest BCUT2D eigenvalue weighted by atomic mass is 9.95. The SMILES string of the molecule is COc1ccc(C)cc1NC(=O)c1ccnc(C(=O)NC2CCCCC2)c1. The maximum Gasteiger partial charge on any atom is 0.270 e. The van der Waals surface area contributed by atoms with E-state index in [4.69, 9.17) is 4.74 Å². The fraction of sp³-hybridized carbons (Fsp3) is 0.381. The number of pyridine rings is 1. The normalized spacial score (nSPS) is 14.4. The molecule has 0 aliphatic heterocycles. The highest BCUT2D eigenvalue weighted by Gasteiger charge is 2.18. The predicted octanol–water partition coefficient (Wildman–Crippen LogP) is 3.71. The molecule has 1 heterocycles. The van der Waals surface area contributed by atoms with Crippen molar-refractivity contribution in [2.75, 3.05) is 12.4 Å². The molecular formula is C21H25N3O3. The van der Waals surface area contributed by atoms with Gasteiger partial charge in [-0.05, 0) is 49.6 Å². The van der Waals surface area contributed by atoms with Crippen LogP contribution >= 0.6 is 0 Å². The molecule has 1 saturated carbocycles. The lowest BCUT2D eigenvalue weighted by Crippen LogP contribution is -2.36. The number of hydrogen-bond donors (Lipinski definition) is 2. The largest absolute Gasteiger partial charge is 0.495 e. The Morgan fingerprint density at radius 2 is 1.85 bits per heavy atom. The lowest BCUT2D eigenvalue weighted by molar-refractivity contribution is 0.0922. The predicted molar refractivity (Wildman–Crippen MR) is 104 cm³/mol. The Balaban J connectivity index is 1.72. The van der Waals surface area contributed by atoms with Crippen LogP contribution in [0.5, 0.6) is 5.75 Å². The van der Waals surface area contributed by atoms with Gasteiger partial charge in [0.2, 0.25) is 0 Å². The minimum Gasteiger partial charge on any atom is -0.495 e. The second-order valence-corrected chi connectivity index (χ2v) is 6.90. The number of carbonyl (C=O) groups excluding carboxylic acids is 2. The van der Waals surface area contributed by atoms with Gasteiger partial charge in [0.1, 0.15) is 11.4 Å². The van der Waals surface area contributed by atoms with E-state index in [0.717, 1.165) is 31.2 Å². The summed E-state index contributed by atoms with van der Waals surface area (Å²) in [6.07, 6.45) is 6.98. The topological polar surface area (TPSA) is 80.3 Å². The van der Waals surface area contributed by atoms with Crippen molar-refractivity contribution < 1.29 is 14.3 Å². The Morgan fingerprint density at radius 1 is 1.07 bits per heavy atom. The Bertz CT molecular complexity index is 829. The smallest absolute Gasteiger partial charge is 0.270 e. The van der Waals surface area contributed by atoms with E-state index in [1.54, 1.807) is 19.2 Å². The zero-order chi connectivity index (χ0) is 19.2. The summed E-state index contributed by atoms with van der Waals surface area (Å²) in [5.74, 6) is 0.0379. The number of nitrogens with one attached hydrogen (secondary N) is 2. The number of ether oxygens (including phenoxy) is 1. The number of amides is 2. The highest BCUT2D eigenvalue weighted by Crippen LogP contribution is 2.25. The van der Waals surface area contributed by atoms with E-state index >= 15 is 0 Å². The summed E-state index contributed by atoms with van der Waals surface area (Å²) in [6.45, 7) is 1.94. The van der Waals surface area contributed by atoms with Crippen molar-refractivity contribution in [3.8, 4) is 5.75 Å². The molecule has 0 spiro atoms. The first kappa shape index (κ1) is 18.9. The summed E-state index contributed by atoms with van der Waals surface area (Å²) in [7, 11) is 1.56. The van der Waals surface area contributed by atoms with Crippen molar-refractivity contribution in [2.45, 2.75) is 45.1 Å². The molecule has 1 aromatic heterocycles. The van der Waals surface area contributed by atoms with Crippen molar-refractivity contribution in [2.24, 2.45) is 0 Å². The number of rotatable bonds is 5. The molecule has 2 N–H and O–H groups in total. The summed E-state index contributed by atoms with van der Waals surface area (Å²) in [5, 5.41) is 5.87. The summed E-state index contributed by atoms with van der Waals surface area (Å²) >= 11 is 0. The molecule has 27 heavy (non-hydrogen) atoms. The van der Waals surface area contributed by atoms with Crippen LogP contribution in [-0.4, -0.2) is 29.9 Å². The van der Waals surface area contributed by atoms with Crippen molar-refractivity contribution in [1.29, 1.82) is 0 Å². The van der Waals surface area contributed by atoms with E-state index in [0.29, 0.717) is 17.0 Å². The van der Waals surface area contributed by atoms with Crippen LogP contribution < -0.4 is 15.4 Å². The molecule has 0 unspecified atom stereocenters. The molecule has 6 nitrogen and oxygen atoms in total. The van der Waals surface area contributed by atoms with Crippen LogP contribution in [0.4, 0.5) is 5.69 Å². The molecular weight excluding hydrogens is 342 g/mol. The minimum absolute atomic E-state index is 0.196. The zero-order valence-corrected chi connectivity index (χ0v) is 15.7. The molecule has 2 aromatic rings. The quantitative estimate of drug-likeness (QED) is 0.844. The van der Waals surface area contributed by atoms with E-state index in [2.05, 4.69) is 15.6 Å². The highest BCUT2D eigenvalue weighted by atomic mass is 16.5. The van der Waals surface area contributed by atoms with Gasteiger partial charge in [0.25, 0.3) is 11.8 Å². The molecule has 0 radical (unpaired) electrons. The van der Waals surface area contributed by atoms with Gasteiger partial charge < -0.3 is 15.4 Å². The number of aromatic nitrogens is 1. The Kier molecular flexibility index (Phi) is 6.06. The van der Waals surface area contributed by atoms with Crippen molar-refractivity contribution in [3.05, 3.63) is 53.3 Å². The van der Waals surface area contributed by atoms with Gasteiger partial charge in [0.05, 0.1) is 12.8 Å². The van der Waals surface area contributed by atoms with Crippen molar-refractivity contribution in [3.63, 3.8) is 0 Å². The molecule has 1 fully saturated rings. The number of anilines is 1. The Hall–Kier alpha value is -2.89. The van der Waals surface area contributed by atoms with Crippen LogP contribution in [0, 0.1) is 6.92 Å². The van der Waals surface area contributed by atoms with Crippen LogP contribution in [-0.2, 0) is 0 Å². The van der Waals surface area contributed by atoms with Gasteiger partial charge in [-0.3, -0.25) is 14.6 Å². The molecule has 6 heteroatoms. The maximum absolute atomic E-state index is 12.6. The number of benzene rings is 1. The monoisotopic (exact) mass is 367 g/mol. The standard InChI is InChI=1S/C21H25N3O3/c1-14-8-9-19(27-2)17(12-14)24-20(25)15-10-11-22-18(13-15)21(26)23-16-6-4-3-5-7-16/h8-13,16H,3-7H2,1-2H3,(H,23,26)(H,24,25). The average molecular weight is 367 g/mol. The van der Waals surface area contributed by atoms with Gasteiger partial charge in [-0.15, -0.1) is 0 Å². The zero-order valence-electron chi connectivity index (χ0n) is 15.7. The van der Waals surface area contributed by atoms with E-state index in [1.807, 2.05) is 19.1 Å². The van der Waals surface area contributed by atoms with Crippen molar-refractivity contribution >= 4 is 17.5 Å². The van der Waals surface area contributed by atoms with Crippen LogP contribution in [0.2, 0.25) is 0 Å². The van der Waals surface area contributed by atoms with E-state index < -0.39 is 0 Å². The first-order valence-electron chi connectivity index (χ1n) is 9.29. The summed E-state index contributed by atoms with van der Waals surface area (Å²) in [4.78, 5) is 29.2. The fourth-order valence-corrected chi connectivity index (χ4v) is 3.32. The molecule has 1 aliphatic rings. The first-order valence-corrected chi connectivity index (χ1v) is 9.29. The molecule has 0 atom stereocenters. The number of methoxy groups -OCH3 is 1. The highest BCUT2D eigenvalue weighted by molar-refractivity contribution is 6.06. The second-order valence-electron chi connectivity index (χ2n) is 6.90. The first-order chi connectivity index (χ1) is 13.1. The Labute approximate surface area is 159 Å². The third-order valence-electron chi connectivity index (χ3n) is 4.80. The fourth-order valence-electron chi connectivity index (χ4n) is 3.32. The number of nitrogens with zero attached hydrogens (tertiary/aromatic N) is 1. The van der Waals surface area contributed by atoms with Crippen LogP contribution in [0.15, 0.2) is 36.5 Å². The average Bonchev–Trinajstić information content (AvgIpc) is 2.69. The second kappa shape index (κ2) is 8.66. The minimum atomic E-state index is -0.312. The number of hydrogen-bond acceptors (Lipinski definition) is 4. The Morgan fingerprint density at radius 3 is 2.59 bits per heavy atom. The van der Waals surface area contributed by atoms with Gasteiger partial charge in [-0.2, -0.15) is 0 Å². The van der Waals surface area contributed by atoms with Crippen LogP contribution in [0.3, 0.4) is 0 Å². The lowest BCUT2D eigenvalue weighted by Gasteiger charge is -2.22. The summed E-state index contributed by atoms with van der Waals surface area (Å²) < 4.78 is 5.29. The summed E-state index contributed by atoms with van der Waals surface area (Å²) in [5.41, 5.74) is 2.23. The van der Waals surface area contributed by atoms with Gasteiger partial charge in [0, 0.05) is 17.8 Å². The van der Waals surface area contributed by atoms with Gasteiger partial charge in [-0.25, -0.2) is 0 Å². The third kappa shape index (κ3) is 4.84. The number of carbonyl (C=O) groups is 2. The van der Waals surface area contributed by atoms with E-state index in [1.165, 1.54) is 18.7 Å². The molecule has 142 valence electrons. The van der Waals surface area contributed by atoms with Crippen LogP contribution in [0.25, 0.3) is 0 Å². The maximum atomic E-state index is 12.6. The van der Waals surface area contributed by atoms with Crippen LogP contribution in [0.1, 0.15) is 58.5 Å². The molecule has 0 bridgehead atoms. The van der Waals surface area contributed by atoms with Gasteiger partial charge >= 0.3 is 0 Å². The molecule has 3 rings (SSSR count). The molecule has 1 aromatic carbocycles. The van der Waals surface area contributed by atoms with Gasteiger partial charge in [0.15, 0.2) is 0 Å². The van der Waals surface area contributed by atoms with Crippen molar-refractivity contribution in [1.82, 2.24) is 10.3 Å². The molecule has 1 aliphatic carbocycles.